The molecule has 3 fully saturated rings. The summed E-state index contributed by atoms with van der Waals surface area (Å²) in [6.07, 6.45) is -9.32. The summed E-state index contributed by atoms with van der Waals surface area (Å²) in [6.45, 7) is 10.8. The minimum absolute atomic E-state index is 0.000922. The van der Waals surface area contributed by atoms with Crippen molar-refractivity contribution in [2.45, 2.75) is 127 Å². The van der Waals surface area contributed by atoms with Crippen LogP contribution in [0.4, 0.5) is 43.2 Å². The number of carbonyl (C=O) groups is 3. The first-order valence-electron chi connectivity index (χ1n) is 19.8. The number of benzene rings is 1. The predicted octanol–water partition coefficient (Wildman–Crippen LogP) is 5.74. The minimum atomic E-state index is -4.98. The van der Waals surface area contributed by atoms with Crippen molar-refractivity contribution >= 4 is 39.8 Å². The molecule has 1 aliphatic carbocycles. The van der Waals surface area contributed by atoms with Crippen molar-refractivity contribution in [3.8, 4) is 0 Å². The van der Waals surface area contributed by atoms with Crippen molar-refractivity contribution in [2.24, 2.45) is 5.92 Å². The molecule has 1 aromatic carbocycles. The van der Waals surface area contributed by atoms with E-state index in [0.29, 0.717) is 5.69 Å². The fraction of sp³-hybridized carbons (Fsp3) is 0.667. The van der Waals surface area contributed by atoms with E-state index in [-0.39, 0.29) is 87.3 Å². The lowest BCUT2D eigenvalue weighted by Crippen LogP contribution is -2.54. The molecule has 1 saturated carbocycles. The number of anilines is 2. The maximum atomic E-state index is 16.2. The van der Waals surface area contributed by atoms with Gasteiger partial charge in [-0.3, -0.25) is 4.79 Å². The third-order valence-corrected chi connectivity index (χ3v) is 12.5. The molecule has 2 atom stereocenters. The Hall–Kier alpha value is -4.37. The number of alkyl halides is 5. The maximum Gasteiger partial charge on any atom is 0.417 e. The first kappa shape index (κ1) is 46.7. The Labute approximate surface area is 346 Å². The number of halogens is 5. The van der Waals surface area contributed by atoms with Gasteiger partial charge in [-0.25, -0.2) is 28.0 Å². The smallest absolute Gasteiger partial charge is 0.417 e. The number of carbonyl (C=O) groups excluding carboxylic acids is 3. The van der Waals surface area contributed by atoms with E-state index in [0.717, 1.165) is 0 Å². The number of hydrogen-bond donors (Lipinski definition) is 2. The standard InChI is InChI=1S/C39H54F5N7O8S/c1-24-20-30(38(40,41)25-8-10-28(11-9-25)51(36(2,3)4)35(55)58-23-31(52)39(42,43)44)47-33(45-24)48-16-18-49(19-17-48)60(56,57)29-14-12-27(13-15-29)50-22-26(21-32(50)53)46-34(54)59-37(5,6)7/h12-15,20,25-26,28,31,52H,8-11,16-19,21-23H2,1-7H3,(H,46,54)/t25?,26-,28?,31-/m1/s1. The molecule has 21 heteroatoms. The van der Waals surface area contributed by atoms with Gasteiger partial charge in [-0.1, -0.05) is 0 Å². The van der Waals surface area contributed by atoms with Crippen molar-refractivity contribution < 1.29 is 59.3 Å². The lowest BCUT2D eigenvalue weighted by molar-refractivity contribution is -0.213. The fourth-order valence-electron chi connectivity index (χ4n) is 7.66. The molecule has 5 rings (SSSR count). The van der Waals surface area contributed by atoms with Crippen LogP contribution < -0.4 is 15.1 Å². The van der Waals surface area contributed by atoms with Crippen LogP contribution in [-0.4, -0.2) is 126 Å². The second-order valence-electron chi connectivity index (χ2n) is 17.4. The fourth-order valence-corrected chi connectivity index (χ4v) is 9.08. The first-order valence-corrected chi connectivity index (χ1v) is 21.2. The molecule has 3 amide bonds. The van der Waals surface area contributed by atoms with E-state index in [9.17, 15) is 41.1 Å². The van der Waals surface area contributed by atoms with E-state index < -0.39 is 81.9 Å². The summed E-state index contributed by atoms with van der Waals surface area (Å²) in [6, 6.07) is 5.97. The van der Waals surface area contributed by atoms with Crippen molar-refractivity contribution in [2.75, 3.05) is 49.1 Å². The highest BCUT2D eigenvalue weighted by atomic mass is 32.2. The maximum absolute atomic E-state index is 16.2. The normalized spacial score (nSPS) is 21.8. The monoisotopic (exact) mass is 875 g/mol. The van der Waals surface area contributed by atoms with E-state index in [4.69, 9.17) is 9.47 Å². The lowest BCUT2D eigenvalue weighted by atomic mass is 9.79. The number of aliphatic hydroxyl groups is 1. The van der Waals surface area contributed by atoms with Gasteiger partial charge < -0.3 is 34.6 Å². The number of rotatable bonds is 10. The van der Waals surface area contributed by atoms with Crippen LogP contribution >= 0.6 is 0 Å². The molecule has 1 aromatic heterocycles. The second-order valence-corrected chi connectivity index (χ2v) is 19.4. The summed E-state index contributed by atoms with van der Waals surface area (Å²) >= 11 is 0. The molecule has 0 unspecified atom stereocenters. The van der Waals surface area contributed by atoms with Crippen LogP contribution in [0.3, 0.4) is 0 Å². The predicted molar refractivity (Wildman–Crippen MR) is 209 cm³/mol. The van der Waals surface area contributed by atoms with E-state index in [2.05, 4.69) is 15.3 Å². The summed E-state index contributed by atoms with van der Waals surface area (Å²) in [5.41, 5.74) is -1.38. The number of hydrogen-bond acceptors (Lipinski definition) is 11. The Bertz CT molecular complexity index is 1980. The third-order valence-electron chi connectivity index (χ3n) is 10.6. The molecule has 334 valence electrons. The van der Waals surface area contributed by atoms with Gasteiger partial charge in [0.1, 0.15) is 17.9 Å². The lowest BCUT2D eigenvalue weighted by Gasteiger charge is -2.44. The zero-order valence-corrected chi connectivity index (χ0v) is 35.6. The van der Waals surface area contributed by atoms with Crippen LogP contribution in [0.25, 0.3) is 0 Å². The number of alkyl carbamates (subject to hydrolysis) is 1. The highest BCUT2D eigenvalue weighted by Crippen LogP contribution is 2.45. The third kappa shape index (κ3) is 11.1. The van der Waals surface area contributed by atoms with Crippen LogP contribution in [0, 0.1) is 12.8 Å². The number of nitrogens with one attached hydrogen (secondary N) is 1. The van der Waals surface area contributed by atoms with E-state index >= 15 is 8.78 Å². The van der Waals surface area contributed by atoms with Gasteiger partial charge >= 0.3 is 18.4 Å². The van der Waals surface area contributed by atoms with Crippen LogP contribution in [0.1, 0.15) is 85.0 Å². The summed E-state index contributed by atoms with van der Waals surface area (Å²) in [5.74, 6) is -4.80. The SMILES string of the molecule is Cc1cc(C(F)(F)C2CCC(N(C(=O)OC[C@@H](O)C(F)(F)F)C(C)(C)C)CC2)nc(N2CCN(S(=O)(=O)c3ccc(N4C[C@H](NC(=O)OC(C)(C)C)CC4=O)cc3)CC2)n1. The Morgan fingerprint density at radius 1 is 0.950 bits per heavy atom. The summed E-state index contributed by atoms with van der Waals surface area (Å²) in [4.78, 5) is 50.9. The second kappa shape index (κ2) is 17.5. The Balaban J connectivity index is 1.18. The first-order chi connectivity index (χ1) is 27.7. The highest BCUT2D eigenvalue weighted by Gasteiger charge is 2.48. The van der Waals surface area contributed by atoms with Gasteiger partial charge in [0.2, 0.25) is 21.9 Å². The number of aliphatic hydroxyl groups excluding tert-OH is 1. The Morgan fingerprint density at radius 2 is 1.55 bits per heavy atom. The number of aryl methyl sites for hydroxylation is 1. The number of piperazine rings is 1. The number of sulfonamides is 1. The van der Waals surface area contributed by atoms with Crippen molar-refractivity contribution in [1.29, 1.82) is 0 Å². The minimum Gasteiger partial charge on any atom is -0.446 e. The summed E-state index contributed by atoms with van der Waals surface area (Å²) in [7, 11) is -3.98. The Kier molecular flexibility index (Phi) is 13.7. The molecule has 15 nitrogen and oxygen atoms in total. The molecule has 2 aromatic rings. The van der Waals surface area contributed by atoms with Crippen LogP contribution in [-0.2, 0) is 30.2 Å². The number of amides is 3. The number of ether oxygens (including phenoxy) is 2. The average molecular weight is 876 g/mol. The summed E-state index contributed by atoms with van der Waals surface area (Å²) in [5, 5.41) is 12.0. The molecule has 2 N–H and O–H groups in total. The van der Waals surface area contributed by atoms with Gasteiger partial charge in [-0.2, -0.15) is 26.3 Å². The largest absolute Gasteiger partial charge is 0.446 e. The quantitative estimate of drug-likeness (QED) is 0.279. The average Bonchev–Trinajstić information content (AvgIpc) is 3.51. The van der Waals surface area contributed by atoms with Crippen LogP contribution in [0.2, 0.25) is 0 Å². The number of aromatic nitrogens is 2. The molecule has 3 aliphatic rings. The van der Waals surface area contributed by atoms with E-state index in [1.54, 1.807) is 53.4 Å². The molecule has 0 bridgehead atoms. The van der Waals surface area contributed by atoms with Crippen LogP contribution in [0.5, 0.6) is 0 Å². The van der Waals surface area contributed by atoms with Crippen molar-refractivity contribution in [3.63, 3.8) is 0 Å². The summed E-state index contributed by atoms with van der Waals surface area (Å²) < 4.78 is 109. The molecule has 3 heterocycles. The highest BCUT2D eigenvalue weighted by molar-refractivity contribution is 7.89. The molecular weight excluding hydrogens is 822 g/mol. The molecule has 2 aliphatic heterocycles. The van der Waals surface area contributed by atoms with Gasteiger partial charge in [0.05, 0.1) is 10.9 Å². The van der Waals surface area contributed by atoms with Gasteiger partial charge in [-0.05, 0) is 104 Å². The van der Waals surface area contributed by atoms with Gasteiger partial charge in [-0.15, -0.1) is 0 Å². The number of nitrogens with zero attached hydrogens (tertiary/aromatic N) is 6. The zero-order chi connectivity index (χ0) is 44.6. The van der Waals surface area contributed by atoms with Gasteiger partial charge in [0.25, 0.3) is 5.92 Å². The molecule has 0 radical (unpaired) electrons. The Morgan fingerprint density at radius 3 is 2.10 bits per heavy atom. The van der Waals surface area contributed by atoms with Crippen molar-refractivity contribution in [3.05, 3.63) is 41.7 Å². The van der Waals surface area contributed by atoms with E-state index in [1.165, 1.54) is 44.4 Å². The van der Waals surface area contributed by atoms with Crippen LogP contribution in [0.15, 0.2) is 35.2 Å². The molecule has 60 heavy (non-hydrogen) atoms. The van der Waals surface area contributed by atoms with Gasteiger partial charge in [0.15, 0.2) is 6.10 Å². The molecular formula is C39H54F5N7O8S. The zero-order valence-electron chi connectivity index (χ0n) is 34.8. The van der Waals surface area contributed by atoms with Gasteiger partial charge in [0, 0.05) is 68.0 Å². The molecule has 2 saturated heterocycles. The van der Waals surface area contributed by atoms with Crippen molar-refractivity contribution in [1.82, 2.24) is 24.5 Å². The molecule has 0 spiro atoms. The van der Waals surface area contributed by atoms with E-state index in [1.807, 2.05) is 0 Å². The topological polar surface area (TPSA) is 175 Å².